The van der Waals surface area contributed by atoms with Gasteiger partial charge in [0, 0.05) is 14.1 Å². The number of barbiturate groups is 1. The van der Waals surface area contributed by atoms with Crippen molar-refractivity contribution in [3.63, 3.8) is 0 Å². The highest BCUT2D eigenvalue weighted by Crippen LogP contribution is 2.22. The third kappa shape index (κ3) is 1.48. The standard InChI is InChI=1S/C9H15N3O4/c1-5-9(10-16-4)6(13)11(2)8(15)12(3)7(9)14/h10H,5H2,1-4H3. The highest BCUT2D eigenvalue weighted by Gasteiger charge is 2.54. The first-order chi connectivity index (χ1) is 7.42. The van der Waals surface area contributed by atoms with Crippen molar-refractivity contribution in [2.75, 3.05) is 21.2 Å². The van der Waals surface area contributed by atoms with E-state index in [-0.39, 0.29) is 6.42 Å². The van der Waals surface area contributed by atoms with E-state index < -0.39 is 23.4 Å². The summed E-state index contributed by atoms with van der Waals surface area (Å²) >= 11 is 0. The van der Waals surface area contributed by atoms with E-state index in [2.05, 4.69) is 5.48 Å². The van der Waals surface area contributed by atoms with Crippen molar-refractivity contribution in [1.29, 1.82) is 0 Å². The molecule has 0 radical (unpaired) electrons. The SMILES string of the molecule is CCC1(NOC)C(=O)N(C)C(=O)N(C)C1=O. The van der Waals surface area contributed by atoms with Gasteiger partial charge in [-0.25, -0.2) is 4.79 Å². The quantitative estimate of drug-likeness (QED) is 0.513. The lowest BCUT2D eigenvalue weighted by Gasteiger charge is -2.40. The normalized spacial score (nSPS) is 20.6. The number of rotatable bonds is 3. The van der Waals surface area contributed by atoms with Crippen LogP contribution >= 0.6 is 0 Å². The van der Waals surface area contributed by atoms with E-state index in [0.717, 1.165) is 9.80 Å². The van der Waals surface area contributed by atoms with Gasteiger partial charge >= 0.3 is 6.03 Å². The van der Waals surface area contributed by atoms with Gasteiger partial charge in [0.05, 0.1) is 7.11 Å². The number of hydroxylamine groups is 1. The molecule has 0 aliphatic carbocycles. The summed E-state index contributed by atoms with van der Waals surface area (Å²) in [5.41, 5.74) is 0.886. The van der Waals surface area contributed by atoms with Crippen LogP contribution in [0.4, 0.5) is 4.79 Å². The van der Waals surface area contributed by atoms with Gasteiger partial charge in [0.15, 0.2) is 0 Å². The molecule has 0 saturated carbocycles. The maximum absolute atomic E-state index is 11.9. The Morgan fingerprint density at radius 3 is 1.94 bits per heavy atom. The molecule has 4 amide bonds. The number of carbonyl (C=O) groups is 3. The fraction of sp³-hybridized carbons (Fsp3) is 0.667. The maximum atomic E-state index is 11.9. The zero-order chi connectivity index (χ0) is 12.5. The van der Waals surface area contributed by atoms with Gasteiger partial charge in [-0.3, -0.25) is 19.4 Å². The lowest BCUT2D eigenvalue weighted by atomic mass is 9.92. The van der Waals surface area contributed by atoms with Crippen molar-refractivity contribution in [2.45, 2.75) is 18.9 Å². The number of nitrogens with zero attached hydrogens (tertiary/aromatic N) is 2. The van der Waals surface area contributed by atoms with Gasteiger partial charge in [-0.2, -0.15) is 5.48 Å². The monoisotopic (exact) mass is 229 g/mol. The van der Waals surface area contributed by atoms with Crippen molar-refractivity contribution in [3.05, 3.63) is 0 Å². The summed E-state index contributed by atoms with van der Waals surface area (Å²) in [6.45, 7) is 1.67. The van der Waals surface area contributed by atoms with Crippen LogP contribution < -0.4 is 5.48 Å². The fourth-order valence-corrected chi connectivity index (χ4v) is 1.70. The summed E-state index contributed by atoms with van der Waals surface area (Å²) in [5.74, 6) is -1.21. The van der Waals surface area contributed by atoms with E-state index in [1.807, 2.05) is 0 Å². The zero-order valence-electron chi connectivity index (χ0n) is 9.73. The van der Waals surface area contributed by atoms with Gasteiger partial charge in [-0.1, -0.05) is 6.92 Å². The molecular weight excluding hydrogens is 214 g/mol. The Labute approximate surface area is 93.3 Å². The number of urea groups is 1. The number of hydrogen-bond donors (Lipinski definition) is 1. The summed E-state index contributed by atoms with van der Waals surface area (Å²) < 4.78 is 0. The summed E-state index contributed by atoms with van der Waals surface area (Å²) in [5, 5.41) is 0. The molecule has 7 heteroatoms. The van der Waals surface area contributed by atoms with Crippen molar-refractivity contribution in [1.82, 2.24) is 15.3 Å². The fourth-order valence-electron chi connectivity index (χ4n) is 1.70. The smallest absolute Gasteiger partial charge is 0.304 e. The first-order valence-corrected chi connectivity index (χ1v) is 4.82. The van der Waals surface area contributed by atoms with Crippen LogP contribution in [0, 0.1) is 0 Å². The Balaban J connectivity index is 3.20. The molecule has 1 rings (SSSR count). The second-order valence-corrected chi connectivity index (χ2v) is 3.58. The first-order valence-electron chi connectivity index (χ1n) is 4.82. The van der Waals surface area contributed by atoms with Crippen molar-refractivity contribution < 1.29 is 19.2 Å². The number of amides is 4. The van der Waals surface area contributed by atoms with Crippen molar-refractivity contribution in [2.24, 2.45) is 0 Å². The average molecular weight is 229 g/mol. The molecule has 16 heavy (non-hydrogen) atoms. The van der Waals surface area contributed by atoms with Crippen molar-refractivity contribution >= 4 is 17.8 Å². The minimum atomic E-state index is -1.51. The van der Waals surface area contributed by atoms with E-state index in [9.17, 15) is 14.4 Å². The predicted molar refractivity (Wildman–Crippen MR) is 54.1 cm³/mol. The van der Waals surface area contributed by atoms with Crippen LogP contribution in [0.25, 0.3) is 0 Å². The zero-order valence-corrected chi connectivity index (χ0v) is 9.73. The van der Waals surface area contributed by atoms with E-state index >= 15 is 0 Å². The largest absolute Gasteiger partial charge is 0.332 e. The minimum absolute atomic E-state index is 0.195. The van der Waals surface area contributed by atoms with Gasteiger partial charge in [0.25, 0.3) is 11.8 Å². The summed E-state index contributed by atoms with van der Waals surface area (Å²) in [4.78, 5) is 41.9. The lowest BCUT2D eigenvalue weighted by Crippen LogP contribution is -2.72. The van der Waals surface area contributed by atoms with Gasteiger partial charge in [-0.05, 0) is 6.42 Å². The Morgan fingerprint density at radius 1 is 1.19 bits per heavy atom. The number of imide groups is 2. The molecule has 1 fully saturated rings. The Kier molecular flexibility index (Phi) is 3.30. The number of likely N-dealkylation sites (N-methyl/N-ethyl adjacent to an activating group) is 2. The molecule has 1 N–H and O–H groups in total. The molecule has 1 heterocycles. The summed E-state index contributed by atoms with van der Waals surface area (Å²) in [6, 6.07) is -0.642. The molecule has 0 bridgehead atoms. The molecule has 1 aliphatic rings. The topological polar surface area (TPSA) is 79.0 Å². The van der Waals surface area contributed by atoms with E-state index in [4.69, 9.17) is 4.84 Å². The molecule has 0 aromatic carbocycles. The maximum Gasteiger partial charge on any atom is 0.332 e. The molecule has 0 unspecified atom stereocenters. The second-order valence-electron chi connectivity index (χ2n) is 3.58. The van der Waals surface area contributed by atoms with Crippen molar-refractivity contribution in [3.8, 4) is 0 Å². The molecule has 90 valence electrons. The Bertz CT molecular complexity index is 318. The van der Waals surface area contributed by atoms with Crippen LogP contribution in [-0.4, -0.2) is 54.4 Å². The highest BCUT2D eigenvalue weighted by molar-refractivity contribution is 6.21. The molecule has 0 aromatic heterocycles. The summed E-state index contributed by atoms with van der Waals surface area (Å²) in [7, 11) is 3.97. The first kappa shape index (κ1) is 12.6. The van der Waals surface area contributed by atoms with Crippen LogP contribution in [0.2, 0.25) is 0 Å². The molecule has 1 aliphatic heterocycles. The third-order valence-electron chi connectivity index (χ3n) is 2.72. The lowest BCUT2D eigenvalue weighted by molar-refractivity contribution is -0.160. The van der Waals surface area contributed by atoms with Crippen LogP contribution in [0.5, 0.6) is 0 Å². The highest BCUT2D eigenvalue weighted by atomic mass is 16.6. The Morgan fingerprint density at radius 2 is 1.62 bits per heavy atom. The second kappa shape index (κ2) is 4.18. The van der Waals surface area contributed by atoms with Crippen LogP contribution in [0.3, 0.4) is 0 Å². The van der Waals surface area contributed by atoms with E-state index in [1.54, 1.807) is 6.92 Å². The minimum Gasteiger partial charge on any atom is -0.304 e. The van der Waals surface area contributed by atoms with Gasteiger partial charge in [0.1, 0.15) is 0 Å². The van der Waals surface area contributed by atoms with E-state index in [0.29, 0.717) is 0 Å². The number of hydrogen-bond acceptors (Lipinski definition) is 5. The predicted octanol–water partition coefficient (Wildman–Crippen LogP) is -0.663. The van der Waals surface area contributed by atoms with Crippen LogP contribution in [-0.2, 0) is 14.4 Å². The Hall–Kier alpha value is -1.47. The molecule has 7 nitrogen and oxygen atoms in total. The molecule has 0 aromatic rings. The molecular formula is C9H15N3O4. The molecule has 0 atom stereocenters. The molecule has 0 spiro atoms. The third-order valence-corrected chi connectivity index (χ3v) is 2.72. The van der Waals surface area contributed by atoms with Gasteiger partial charge < -0.3 is 4.84 Å². The number of carbonyl (C=O) groups excluding carboxylic acids is 3. The van der Waals surface area contributed by atoms with Crippen LogP contribution in [0.1, 0.15) is 13.3 Å². The summed E-state index contributed by atoms with van der Waals surface area (Å²) in [6.07, 6.45) is 0.195. The van der Waals surface area contributed by atoms with Gasteiger partial charge in [-0.15, -0.1) is 0 Å². The van der Waals surface area contributed by atoms with Gasteiger partial charge in [0.2, 0.25) is 5.54 Å². The number of nitrogens with one attached hydrogen (secondary N) is 1. The average Bonchev–Trinajstić information content (AvgIpc) is 2.30. The molecule has 1 saturated heterocycles. The van der Waals surface area contributed by atoms with E-state index in [1.165, 1.54) is 21.2 Å². The van der Waals surface area contributed by atoms with Crippen LogP contribution in [0.15, 0.2) is 0 Å².